The molecule has 2 heterocycles. The van der Waals surface area contributed by atoms with E-state index in [1.807, 2.05) is 13.8 Å². The topological polar surface area (TPSA) is 64.3 Å². The van der Waals surface area contributed by atoms with Crippen molar-refractivity contribution in [2.45, 2.75) is 39.2 Å². The quantitative estimate of drug-likeness (QED) is 0.406. The number of hydrogen-bond acceptors (Lipinski definition) is 6. The van der Waals surface area contributed by atoms with Crippen molar-refractivity contribution in [1.82, 2.24) is 15.1 Å². The molecule has 0 amide bonds. The first-order valence-corrected chi connectivity index (χ1v) is 9.79. The van der Waals surface area contributed by atoms with Gasteiger partial charge in [0.05, 0.1) is 11.1 Å². The van der Waals surface area contributed by atoms with Gasteiger partial charge in [-0.1, -0.05) is 19.0 Å². The normalized spacial score (nSPS) is 12.6. The Balaban J connectivity index is 0.00000187. The summed E-state index contributed by atoms with van der Waals surface area (Å²) in [6, 6.07) is 5.80. The van der Waals surface area contributed by atoms with Gasteiger partial charge in [-0.05, 0) is 37.3 Å². The van der Waals surface area contributed by atoms with E-state index < -0.39 is 29.8 Å². The fourth-order valence-corrected chi connectivity index (χ4v) is 2.62. The second kappa shape index (κ2) is 10.1. The molecule has 12 heteroatoms. The van der Waals surface area contributed by atoms with E-state index in [4.69, 9.17) is 4.52 Å². The Bertz CT molecular complexity index is 1060. The Morgan fingerprint density at radius 2 is 1.70 bits per heavy atom. The van der Waals surface area contributed by atoms with Gasteiger partial charge in [0, 0.05) is 25.9 Å². The third-order valence-corrected chi connectivity index (χ3v) is 4.17. The van der Waals surface area contributed by atoms with Crippen molar-refractivity contribution in [3.63, 3.8) is 0 Å². The number of alkyl halides is 6. The molecule has 0 radical (unpaired) electrons. The molecule has 33 heavy (non-hydrogen) atoms. The highest BCUT2D eigenvalue weighted by Crippen LogP contribution is 2.40. The van der Waals surface area contributed by atoms with E-state index in [1.165, 1.54) is 0 Å². The maximum atomic E-state index is 13.5. The molecule has 0 bridgehead atoms. The van der Waals surface area contributed by atoms with Crippen LogP contribution in [0.4, 0.5) is 32.2 Å². The molecule has 2 aromatic heterocycles. The van der Waals surface area contributed by atoms with Crippen molar-refractivity contribution >= 4 is 5.82 Å². The Morgan fingerprint density at radius 1 is 1.03 bits per heavy atom. The Morgan fingerprint density at radius 3 is 2.27 bits per heavy atom. The molecule has 1 aromatic carbocycles. The van der Waals surface area contributed by atoms with Crippen LogP contribution >= 0.6 is 0 Å². The van der Waals surface area contributed by atoms with Crippen LogP contribution in [-0.2, 0) is 6.18 Å². The summed E-state index contributed by atoms with van der Waals surface area (Å²) < 4.78 is 88.1. The van der Waals surface area contributed by atoms with Crippen LogP contribution in [0.3, 0.4) is 0 Å². The number of nitrogens with zero attached hydrogens (tertiary/aromatic N) is 4. The molecule has 0 spiro atoms. The number of halogens is 6. The summed E-state index contributed by atoms with van der Waals surface area (Å²) in [6.07, 6.45) is -10.7. The van der Waals surface area contributed by atoms with Crippen LogP contribution in [0.1, 0.15) is 26.3 Å². The molecule has 0 N–H and O–H groups in total. The van der Waals surface area contributed by atoms with E-state index in [0.717, 1.165) is 12.1 Å². The van der Waals surface area contributed by atoms with Crippen LogP contribution in [0.5, 0.6) is 5.75 Å². The highest BCUT2D eigenvalue weighted by atomic mass is 19.4. The zero-order valence-electron chi connectivity index (χ0n) is 18.4. The van der Waals surface area contributed by atoms with Crippen molar-refractivity contribution in [2.24, 2.45) is 0 Å². The molecule has 0 aliphatic rings. The highest BCUT2D eigenvalue weighted by molar-refractivity contribution is 5.71. The number of rotatable bonds is 5. The summed E-state index contributed by atoms with van der Waals surface area (Å²) in [5.41, 5.74) is -1.04. The van der Waals surface area contributed by atoms with Gasteiger partial charge in [-0.3, -0.25) is 0 Å². The summed E-state index contributed by atoms with van der Waals surface area (Å²) in [5, 5.41) is 3.79. The molecular formula is C21H22F6N4O2. The maximum absolute atomic E-state index is 13.5. The van der Waals surface area contributed by atoms with E-state index in [-0.39, 0.29) is 17.3 Å². The van der Waals surface area contributed by atoms with Gasteiger partial charge in [0.15, 0.2) is 6.10 Å². The number of pyridine rings is 1. The number of ether oxygens (including phenoxy) is 1. The molecule has 3 rings (SSSR count). The summed E-state index contributed by atoms with van der Waals surface area (Å²) in [5.74, 6) is -0.602. The van der Waals surface area contributed by atoms with Crippen LogP contribution in [0, 0.1) is 0 Å². The minimum atomic E-state index is -4.97. The minimum Gasteiger partial charge on any atom is -0.481 e. The third-order valence-electron chi connectivity index (χ3n) is 4.17. The fourth-order valence-electron chi connectivity index (χ4n) is 2.62. The molecule has 0 saturated heterocycles. The molecule has 0 aliphatic heterocycles. The Hall–Kier alpha value is -3.31. The third kappa shape index (κ3) is 6.14. The number of aromatic nitrogens is 3. The minimum absolute atomic E-state index is 0.0892. The van der Waals surface area contributed by atoms with Crippen LogP contribution in [0.15, 0.2) is 41.1 Å². The number of benzene rings is 1. The van der Waals surface area contributed by atoms with Crippen molar-refractivity contribution in [1.29, 1.82) is 0 Å². The summed E-state index contributed by atoms with van der Waals surface area (Å²) in [4.78, 5) is 10.00. The predicted molar refractivity (Wildman–Crippen MR) is 110 cm³/mol. The average molecular weight is 476 g/mol. The second-order valence-electron chi connectivity index (χ2n) is 6.70. The predicted octanol–water partition coefficient (Wildman–Crippen LogP) is 6.24. The van der Waals surface area contributed by atoms with E-state index >= 15 is 0 Å². The van der Waals surface area contributed by atoms with Crippen molar-refractivity contribution in [3.05, 3.63) is 42.1 Å². The standard InChI is InChI=1S/C19H16F6N4O2.C2H6/c1-10(18(20,21)22)30-14-7-6-11(9-13(14)19(23,24)25)17-27-15(28-31-17)12-5-4-8-26-16(12)29(2)3;1-2/h4-10H,1-3H3;1-2H3. The molecule has 0 saturated carbocycles. The highest BCUT2D eigenvalue weighted by Gasteiger charge is 2.41. The fraction of sp³-hybridized carbons (Fsp3) is 0.381. The van der Waals surface area contributed by atoms with Gasteiger partial charge in [0.25, 0.3) is 5.89 Å². The molecule has 180 valence electrons. The Kier molecular flexibility index (Phi) is 7.93. The molecule has 6 nitrogen and oxygen atoms in total. The zero-order valence-corrected chi connectivity index (χ0v) is 18.4. The molecule has 1 atom stereocenters. The Labute approximate surface area is 186 Å². The molecule has 1 unspecified atom stereocenters. The number of anilines is 1. The van der Waals surface area contributed by atoms with Crippen LogP contribution < -0.4 is 9.64 Å². The lowest BCUT2D eigenvalue weighted by molar-refractivity contribution is -0.191. The molecule has 0 fully saturated rings. The van der Waals surface area contributed by atoms with Crippen LogP contribution in [0.2, 0.25) is 0 Å². The molecular weight excluding hydrogens is 454 g/mol. The first kappa shape index (κ1) is 25.9. The molecule has 0 aliphatic carbocycles. The average Bonchev–Trinajstić information content (AvgIpc) is 3.24. The van der Waals surface area contributed by atoms with Crippen LogP contribution in [-0.4, -0.2) is 41.5 Å². The van der Waals surface area contributed by atoms with Crippen molar-refractivity contribution in [3.8, 4) is 28.6 Å². The van der Waals surface area contributed by atoms with Gasteiger partial charge in [0.1, 0.15) is 11.6 Å². The van der Waals surface area contributed by atoms with E-state index in [1.54, 1.807) is 37.3 Å². The molecule has 3 aromatic rings. The summed E-state index contributed by atoms with van der Waals surface area (Å²) in [6.45, 7) is 4.62. The summed E-state index contributed by atoms with van der Waals surface area (Å²) >= 11 is 0. The van der Waals surface area contributed by atoms with Gasteiger partial charge < -0.3 is 14.2 Å². The second-order valence-corrected chi connectivity index (χ2v) is 6.70. The lowest BCUT2D eigenvalue weighted by atomic mass is 10.1. The lowest BCUT2D eigenvalue weighted by Crippen LogP contribution is -2.31. The van der Waals surface area contributed by atoms with Gasteiger partial charge in [-0.15, -0.1) is 0 Å². The van der Waals surface area contributed by atoms with Gasteiger partial charge in [-0.2, -0.15) is 31.3 Å². The monoisotopic (exact) mass is 476 g/mol. The van der Waals surface area contributed by atoms with E-state index in [0.29, 0.717) is 24.4 Å². The summed E-state index contributed by atoms with van der Waals surface area (Å²) in [7, 11) is 3.48. The number of hydrogen-bond donors (Lipinski definition) is 0. The van der Waals surface area contributed by atoms with E-state index in [2.05, 4.69) is 19.9 Å². The first-order valence-electron chi connectivity index (χ1n) is 9.79. The maximum Gasteiger partial charge on any atom is 0.425 e. The lowest BCUT2D eigenvalue weighted by Gasteiger charge is -2.20. The zero-order chi connectivity index (χ0) is 25.0. The smallest absolute Gasteiger partial charge is 0.425 e. The first-order chi connectivity index (χ1) is 15.4. The van der Waals surface area contributed by atoms with Gasteiger partial charge >= 0.3 is 12.4 Å². The largest absolute Gasteiger partial charge is 0.481 e. The van der Waals surface area contributed by atoms with Crippen molar-refractivity contribution in [2.75, 3.05) is 19.0 Å². The van der Waals surface area contributed by atoms with Crippen LogP contribution in [0.25, 0.3) is 22.8 Å². The van der Waals surface area contributed by atoms with Gasteiger partial charge in [0.2, 0.25) is 5.82 Å². The SMILES string of the molecule is CC.CC(Oc1ccc(-c2nc(-c3cccnc3N(C)C)no2)cc1C(F)(F)F)C(F)(F)F. The van der Waals surface area contributed by atoms with Gasteiger partial charge in [-0.25, -0.2) is 4.98 Å². The van der Waals surface area contributed by atoms with E-state index in [9.17, 15) is 26.3 Å². The van der Waals surface area contributed by atoms with Crippen molar-refractivity contribution < 1.29 is 35.6 Å².